The lowest BCUT2D eigenvalue weighted by Gasteiger charge is -2.19. The minimum absolute atomic E-state index is 0.0612. The van der Waals surface area contributed by atoms with E-state index in [0.29, 0.717) is 0 Å². The normalized spacial score (nSPS) is 12.6. The summed E-state index contributed by atoms with van der Waals surface area (Å²) in [6, 6.07) is 2.17. The second-order valence-electron chi connectivity index (χ2n) is 5.50. The Morgan fingerprint density at radius 1 is 1.27 bits per heavy atom. The highest BCUT2D eigenvalue weighted by molar-refractivity contribution is 7.99. The number of nitrogens with zero attached hydrogens (tertiary/aromatic N) is 3. The predicted octanol–water partition coefficient (Wildman–Crippen LogP) is 3.18. The van der Waals surface area contributed by atoms with Crippen LogP contribution in [0.2, 0.25) is 0 Å². The molecule has 0 aliphatic carbocycles. The number of carbonyl (C=O) groups is 1. The van der Waals surface area contributed by atoms with Gasteiger partial charge in [-0.1, -0.05) is 11.8 Å². The monoisotopic (exact) mass is 333 g/mol. The van der Waals surface area contributed by atoms with Crippen LogP contribution in [0, 0.1) is 0 Å². The van der Waals surface area contributed by atoms with Crippen LogP contribution in [0.15, 0.2) is 23.5 Å². The van der Waals surface area contributed by atoms with Crippen LogP contribution in [0.3, 0.4) is 0 Å². The van der Waals surface area contributed by atoms with Crippen LogP contribution in [0.5, 0.6) is 0 Å². The Morgan fingerprint density at radius 2 is 1.95 bits per heavy atom. The number of fused-ring (bicyclic) bond motifs is 1. The summed E-state index contributed by atoms with van der Waals surface area (Å²) in [6.07, 6.45) is -3.54. The van der Waals surface area contributed by atoms with Crippen molar-refractivity contribution in [3.8, 4) is 0 Å². The lowest BCUT2D eigenvalue weighted by molar-refractivity contribution is -0.151. The topological polar surface area (TPSA) is 56.5 Å². The lowest BCUT2D eigenvalue weighted by atomic mass is 10.2. The Kier molecular flexibility index (Phi) is 4.37. The summed E-state index contributed by atoms with van der Waals surface area (Å²) in [5.74, 6) is -0.532. The molecule has 0 aliphatic rings. The first-order chi connectivity index (χ1) is 10.1. The van der Waals surface area contributed by atoms with Gasteiger partial charge in [-0.05, 0) is 32.9 Å². The molecule has 0 radical (unpaired) electrons. The number of halogens is 3. The van der Waals surface area contributed by atoms with Crippen LogP contribution in [-0.4, -0.2) is 31.9 Å². The summed E-state index contributed by atoms with van der Waals surface area (Å²) in [4.78, 5) is 11.6. The first-order valence-corrected chi connectivity index (χ1v) is 7.31. The maximum Gasteiger partial charge on any atom is 0.417 e. The van der Waals surface area contributed by atoms with Crippen LogP contribution in [0.4, 0.5) is 13.2 Å². The Morgan fingerprint density at radius 3 is 2.55 bits per heavy atom. The third kappa shape index (κ3) is 4.12. The number of pyridine rings is 1. The van der Waals surface area contributed by atoms with Crippen molar-refractivity contribution in [3.63, 3.8) is 0 Å². The largest absolute Gasteiger partial charge is 0.459 e. The van der Waals surface area contributed by atoms with Gasteiger partial charge in [0.1, 0.15) is 5.60 Å². The fourth-order valence-electron chi connectivity index (χ4n) is 1.63. The zero-order chi connectivity index (χ0) is 16.5. The van der Waals surface area contributed by atoms with Gasteiger partial charge in [-0.25, -0.2) is 0 Å². The second-order valence-corrected chi connectivity index (χ2v) is 6.44. The summed E-state index contributed by atoms with van der Waals surface area (Å²) < 4.78 is 44.5. The Balaban J connectivity index is 2.16. The van der Waals surface area contributed by atoms with Crippen LogP contribution in [-0.2, 0) is 15.7 Å². The van der Waals surface area contributed by atoms with Crippen molar-refractivity contribution in [1.29, 1.82) is 0 Å². The van der Waals surface area contributed by atoms with Gasteiger partial charge in [0.2, 0.25) is 0 Å². The van der Waals surface area contributed by atoms with Gasteiger partial charge in [-0.15, -0.1) is 10.2 Å². The van der Waals surface area contributed by atoms with Crippen LogP contribution in [0.1, 0.15) is 26.3 Å². The fraction of sp³-hybridized carbons (Fsp3) is 0.462. The number of hydrogen-bond acceptors (Lipinski definition) is 5. The number of ether oxygens (including phenoxy) is 1. The number of alkyl halides is 3. The minimum Gasteiger partial charge on any atom is -0.459 e. The Labute approximate surface area is 128 Å². The Bertz CT molecular complexity index is 692. The average Bonchev–Trinajstić information content (AvgIpc) is 2.75. The summed E-state index contributed by atoms with van der Waals surface area (Å²) >= 11 is 0.972. The molecule has 0 aromatic carbocycles. The molecular weight excluding hydrogens is 319 g/mol. The van der Waals surface area contributed by atoms with Gasteiger partial charge in [0.25, 0.3) is 0 Å². The van der Waals surface area contributed by atoms with Gasteiger partial charge in [-0.3, -0.25) is 9.20 Å². The SMILES string of the molecule is CC(C)(C)OC(=O)CSc1nnc2ccc(C(F)(F)F)cn12. The quantitative estimate of drug-likeness (QED) is 0.638. The molecule has 0 aliphatic heterocycles. The molecule has 0 fully saturated rings. The van der Waals surface area contributed by atoms with Crippen molar-refractivity contribution < 1.29 is 22.7 Å². The zero-order valence-electron chi connectivity index (χ0n) is 12.1. The standard InChI is InChI=1S/C13H14F3N3O2S/c1-12(2,3)21-10(20)7-22-11-18-17-9-5-4-8(6-19(9)11)13(14,15)16/h4-6H,7H2,1-3H3. The smallest absolute Gasteiger partial charge is 0.417 e. The van der Waals surface area contributed by atoms with E-state index >= 15 is 0 Å². The molecule has 0 bridgehead atoms. The highest BCUT2D eigenvalue weighted by atomic mass is 32.2. The summed E-state index contributed by atoms with van der Waals surface area (Å²) in [6.45, 7) is 5.20. The van der Waals surface area contributed by atoms with E-state index in [1.807, 2.05) is 0 Å². The second kappa shape index (κ2) is 5.79. The van der Waals surface area contributed by atoms with Crippen LogP contribution >= 0.6 is 11.8 Å². The van der Waals surface area contributed by atoms with Crippen LogP contribution < -0.4 is 0 Å². The third-order valence-electron chi connectivity index (χ3n) is 2.44. The van der Waals surface area contributed by atoms with Gasteiger partial charge in [-0.2, -0.15) is 13.2 Å². The molecule has 120 valence electrons. The molecule has 2 aromatic rings. The van der Waals surface area contributed by atoms with E-state index in [-0.39, 0.29) is 16.6 Å². The van der Waals surface area contributed by atoms with Crippen molar-refractivity contribution in [2.75, 3.05) is 5.75 Å². The first kappa shape index (κ1) is 16.6. The highest BCUT2D eigenvalue weighted by Crippen LogP contribution is 2.30. The number of carbonyl (C=O) groups excluding carboxylic acids is 1. The van der Waals surface area contributed by atoms with Gasteiger partial charge < -0.3 is 4.74 Å². The minimum atomic E-state index is -4.45. The van der Waals surface area contributed by atoms with E-state index in [1.54, 1.807) is 20.8 Å². The maximum atomic E-state index is 12.7. The van der Waals surface area contributed by atoms with Gasteiger partial charge in [0, 0.05) is 6.20 Å². The zero-order valence-corrected chi connectivity index (χ0v) is 13.0. The molecular formula is C13H14F3N3O2S. The van der Waals surface area contributed by atoms with Gasteiger partial charge in [0.15, 0.2) is 10.8 Å². The van der Waals surface area contributed by atoms with Crippen molar-refractivity contribution in [2.45, 2.75) is 37.7 Å². The third-order valence-corrected chi connectivity index (χ3v) is 3.35. The average molecular weight is 333 g/mol. The number of aromatic nitrogens is 3. The molecule has 9 heteroatoms. The molecule has 22 heavy (non-hydrogen) atoms. The van der Waals surface area contributed by atoms with E-state index in [1.165, 1.54) is 10.5 Å². The fourth-order valence-corrected chi connectivity index (χ4v) is 2.32. The van der Waals surface area contributed by atoms with Gasteiger partial charge in [0.05, 0.1) is 11.3 Å². The molecule has 2 rings (SSSR count). The molecule has 0 N–H and O–H groups in total. The number of esters is 1. The highest BCUT2D eigenvalue weighted by Gasteiger charge is 2.31. The van der Waals surface area contributed by atoms with Crippen molar-refractivity contribution in [3.05, 3.63) is 23.9 Å². The molecule has 2 heterocycles. The summed E-state index contributed by atoms with van der Waals surface area (Å²) in [5.41, 5.74) is -1.15. The molecule has 0 saturated carbocycles. The van der Waals surface area contributed by atoms with E-state index in [2.05, 4.69) is 10.2 Å². The van der Waals surface area contributed by atoms with Crippen molar-refractivity contribution in [1.82, 2.24) is 14.6 Å². The van der Waals surface area contributed by atoms with Crippen molar-refractivity contribution >= 4 is 23.4 Å². The number of rotatable bonds is 3. The van der Waals surface area contributed by atoms with E-state index in [4.69, 9.17) is 4.74 Å². The summed E-state index contributed by atoms with van der Waals surface area (Å²) in [7, 11) is 0. The lowest BCUT2D eigenvalue weighted by Crippen LogP contribution is -2.25. The Hall–Kier alpha value is -1.77. The molecule has 2 aromatic heterocycles. The van der Waals surface area contributed by atoms with E-state index < -0.39 is 23.3 Å². The van der Waals surface area contributed by atoms with Crippen LogP contribution in [0.25, 0.3) is 5.65 Å². The first-order valence-electron chi connectivity index (χ1n) is 6.33. The molecule has 5 nitrogen and oxygen atoms in total. The molecule has 0 saturated heterocycles. The molecule has 0 spiro atoms. The van der Waals surface area contributed by atoms with E-state index in [9.17, 15) is 18.0 Å². The predicted molar refractivity (Wildman–Crippen MR) is 74.6 cm³/mol. The number of thioether (sulfide) groups is 1. The van der Waals surface area contributed by atoms with Gasteiger partial charge >= 0.3 is 12.1 Å². The van der Waals surface area contributed by atoms with Crippen molar-refractivity contribution in [2.24, 2.45) is 0 Å². The molecule has 0 amide bonds. The summed E-state index contributed by atoms with van der Waals surface area (Å²) in [5, 5.41) is 7.76. The molecule has 0 unspecified atom stereocenters. The van der Waals surface area contributed by atoms with E-state index in [0.717, 1.165) is 24.0 Å². The number of hydrogen-bond donors (Lipinski definition) is 0. The maximum absolute atomic E-state index is 12.7. The molecule has 0 atom stereocenters.